The van der Waals surface area contributed by atoms with Crippen LogP contribution in [0.2, 0.25) is 0 Å². The van der Waals surface area contributed by atoms with Crippen LogP contribution in [0.5, 0.6) is 0 Å². The summed E-state index contributed by atoms with van der Waals surface area (Å²) in [6, 6.07) is 0.246. The minimum absolute atomic E-state index is 0.246. The highest BCUT2D eigenvalue weighted by atomic mass is 16.6. The van der Waals surface area contributed by atoms with E-state index in [0.717, 1.165) is 25.7 Å². The van der Waals surface area contributed by atoms with E-state index in [1.807, 2.05) is 20.8 Å². The van der Waals surface area contributed by atoms with Gasteiger partial charge in [0.25, 0.3) is 0 Å². The third-order valence-corrected chi connectivity index (χ3v) is 4.58. The van der Waals surface area contributed by atoms with Crippen molar-refractivity contribution >= 4 is 6.09 Å². The maximum atomic E-state index is 11.8. The maximum absolute atomic E-state index is 11.8. The average molecular weight is 284 g/mol. The van der Waals surface area contributed by atoms with E-state index in [-0.39, 0.29) is 12.1 Å². The lowest BCUT2D eigenvalue weighted by Crippen LogP contribution is -2.42. The smallest absolute Gasteiger partial charge is 0.407 e. The number of carbonyl (C=O) groups is 1. The number of ether oxygens (including phenoxy) is 1. The predicted octanol–water partition coefficient (Wildman–Crippen LogP) is 2.74. The molecule has 0 atom stereocenters. The third-order valence-electron chi connectivity index (χ3n) is 4.58. The second-order valence-corrected chi connectivity index (χ2v) is 7.37. The van der Waals surface area contributed by atoms with E-state index in [1.54, 1.807) is 0 Å². The third kappa shape index (κ3) is 4.09. The molecule has 0 saturated heterocycles. The van der Waals surface area contributed by atoms with Gasteiger partial charge in [-0.05, 0) is 70.6 Å². The Hall–Kier alpha value is -0.810. The molecule has 0 radical (unpaired) electrons. The van der Waals surface area contributed by atoms with Gasteiger partial charge >= 0.3 is 6.09 Å². The summed E-state index contributed by atoms with van der Waals surface area (Å²) < 4.78 is 5.30. The van der Waals surface area contributed by atoms with Crippen molar-refractivity contribution in [1.29, 1.82) is 0 Å². The Morgan fingerprint density at radius 2 is 1.85 bits per heavy atom. The number of hydrogen-bond donors (Lipinski definition) is 2. The molecule has 0 aromatic heterocycles. The summed E-state index contributed by atoms with van der Waals surface area (Å²) in [5, 5.41) is 2.98. The maximum Gasteiger partial charge on any atom is 0.407 e. The number of nitrogens with two attached hydrogens (primary N) is 1. The zero-order valence-corrected chi connectivity index (χ0v) is 12.9. The normalized spacial score (nSPS) is 28.8. The van der Waals surface area contributed by atoms with E-state index >= 15 is 0 Å². The number of nitrogens with one attached hydrogen (secondary N) is 1. The number of amides is 1. The Kier molecular flexibility index (Phi) is 4.59. The topological polar surface area (TPSA) is 73.6 Å². The first-order valence-corrected chi connectivity index (χ1v) is 7.66. The molecule has 0 bridgehead atoms. The van der Waals surface area contributed by atoms with Crippen LogP contribution in [0.15, 0.2) is 0 Å². The van der Waals surface area contributed by atoms with Crippen LogP contribution in [0, 0.1) is 11.3 Å². The Balaban J connectivity index is 1.73. The van der Waals surface area contributed by atoms with E-state index in [9.17, 15) is 4.79 Å². The molecule has 20 heavy (non-hydrogen) atoms. The molecule has 0 aromatic carbocycles. The Morgan fingerprint density at radius 3 is 2.30 bits per heavy atom. The van der Waals surface area contributed by atoms with Crippen LogP contribution in [0.3, 0.4) is 0 Å². The summed E-state index contributed by atoms with van der Waals surface area (Å²) in [7, 11) is 0. The minimum Gasteiger partial charge on any atom is -0.444 e. The first-order valence-electron chi connectivity index (χ1n) is 7.66. The number of carbonyl (C=O) groups excluding carboxylic acids is 1. The van der Waals surface area contributed by atoms with Crippen molar-refractivity contribution in [3.8, 4) is 0 Å². The molecule has 2 saturated carbocycles. The molecule has 1 amide bonds. The first kappa shape index (κ1) is 15.6. The molecule has 5 heteroatoms. The molecule has 0 aliphatic heterocycles. The molecule has 5 nitrogen and oxygen atoms in total. The van der Waals surface area contributed by atoms with Crippen LogP contribution >= 0.6 is 0 Å². The lowest BCUT2D eigenvalue weighted by atomic mass is 9.76. The van der Waals surface area contributed by atoms with Gasteiger partial charge in [-0.1, -0.05) is 0 Å². The molecule has 3 N–H and O–H groups in total. The molecule has 2 rings (SSSR count). The lowest BCUT2D eigenvalue weighted by molar-refractivity contribution is 0.0405. The molecule has 0 heterocycles. The van der Waals surface area contributed by atoms with Gasteiger partial charge in [-0.2, -0.15) is 0 Å². The van der Waals surface area contributed by atoms with Gasteiger partial charge in [-0.3, -0.25) is 0 Å². The fourth-order valence-corrected chi connectivity index (χ4v) is 3.32. The Morgan fingerprint density at radius 1 is 1.25 bits per heavy atom. The zero-order valence-electron chi connectivity index (χ0n) is 12.9. The van der Waals surface area contributed by atoms with Gasteiger partial charge < -0.3 is 14.9 Å². The number of hydrogen-bond acceptors (Lipinski definition) is 4. The van der Waals surface area contributed by atoms with Crippen molar-refractivity contribution in [2.45, 2.75) is 70.9 Å². The molecular formula is C15H28N2O3. The lowest BCUT2D eigenvalue weighted by Gasteiger charge is -2.34. The fourth-order valence-electron chi connectivity index (χ4n) is 3.32. The summed E-state index contributed by atoms with van der Waals surface area (Å²) in [5.74, 6) is 5.94. The highest BCUT2D eigenvalue weighted by molar-refractivity contribution is 5.68. The Labute approximate surface area is 121 Å². The SMILES string of the molecule is CC(C)(C)OC(=O)NC1CCC(C2(CON)CC2)CC1. The number of alkyl carbamates (subject to hydrolysis) is 1. The van der Waals surface area contributed by atoms with E-state index in [0.29, 0.717) is 17.9 Å². The highest BCUT2D eigenvalue weighted by Gasteiger charge is 2.50. The van der Waals surface area contributed by atoms with Crippen LogP contribution in [-0.2, 0) is 9.57 Å². The zero-order chi connectivity index (χ0) is 14.8. The Bertz CT molecular complexity index is 340. The largest absolute Gasteiger partial charge is 0.444 e. The molecule has 2 aliphatic rings. The second kappa shape index (κ2) is 5.90. The van der Waals surface area contributed by atoms with Crippen molar-refractivity contribution in [2.75, 3.05) is 6.61 Å². The summed E-state index contributed by atoms with van der Waals surface area (Å²) in [4.78, 5) is 16.6. The van der Waals surface area contributed by atoms with Gasteiger partial charge in [0.15, 0.2) is 0 Å². The molecule has 0 unspecified atom stereocenters. The van der Waals surface area contributed by atoms with E-state index in [2.05, 4.69) is 5.32 Å². The van der Waals surface area contributed by atoms with Gasteiger partial charge in [0.1, 0.15) is 5.60 Å². The molecule has 0 spiro atoms. The summed E-state index contributed by atoms with van der Waals surface area (Å²) >= 11 is 0. The molecule has 0 aromatic rings. The summed E-state index contributed by atoms with van der Waals surface area (Å²) in [5.41, 5.74) is -0.0938. The average Bonchev–Trinajstić information content (AvgIpc) is 3.09. The van der Waals surface area contributed by atoms with Crippen LogP contribution in [0.4, 0.5) is 4.79 Å². The highest BCUT2D eigenvalue weighted by Crippen LogP contribution is 2.56. The predicted molar refractivity (Wildman–Crippen MR) is 76.9 cm³/mol. The van der Waals surface area contributed by atoms with Crippen LogP contribution in [0.25, 0.3) is 0 Å². The number of rotatable bonds is 4. The van der Waals surface area contributed by atoms with Crippen molar-refractivity contribution in [2.24, 2.45) is 17.2 Å². The fraction of sp³-hybridized carbons (Fsp3) is 0.933. The van der Waals surface area contributed by atoms with Crippen LogP contribution < -0.4 is 11.2 Å². The van der Waals surface area contributed by atoms with Crippen LogP contribution in [0.1, 0.15) is 59.3 Å². The van der Waals surface area contributed by atoms with E-state index in [1.165, 1.54) is 12.8 Å². The molecule has 2 aliphatic carbocycles. The summed E-state index contributed by atoms with van der Waals surface area (Å²) in [6.45, 7) is 6.33. The quantitative estimate of drug-likeness (QED) is 0.778. The van der Waals surface area contributed by atoms with Crippen molar-refractivity contribution in [3.63, 3.8) is 0 Å². The van der Waals surface area contributed by atoms with Crippen molar-refractivity contribution in [1.82, 2.24) is 5.32 Å². The molecule has 2 fully saturated rings. The molecular weight excluding hydrogens is 256 g/mol. The van der Waals surface area contributed by atoms with E-state index < -0.39 is 5.60 Å². The standard InChI is InChI=1S/C15H28N2O3/c1-14(2,3)20-13(18)17-12-6-4-11(5-7-12)15(8-9-15)10-19-16/h11-12H,4-10,16H2,1-3H3,(H,17,18). The van der Waals surface area contributed by atoms with Crippen LogP contribution in [-0.4, -0.2) is 24.3 Å². The van der Waals surface area contributed by atoms with Crippen molar-refractivity contribution in [3.05, 3.63) is 0 Å². The van der Waals surface area contributed by atoms with Gasteiger partial charge in [-0.25, -0.2) is 10.7 Å². The second-order valence-electron chi connectivity index (χ2n) is 7.37. The van der Waals surface area contributed by atoms with Gasteiger partial charge in [0.05, 0.1) is 6.61 Å². The van der Waals surface area contributed by atoms with Crippen molar-refractivity contribution < 1.29 is 14.4 Å². The van der Waals surface area contributed by atoms with Gasteiger partial charge in [0, 0.05) is 6.04 Å². The van der Waals surface area contributed by atoms with Gasteiger partial charge in [0.2, 0.25) is 0 Å². The monoisotopic (exact) mass is 284 g/mol. The minimum atomic E-state index is -0.433. The first-order chi connectivity index (χ1) is 9.35. The van der Waals surface area contributed by atoms with Gasteiger partial charge in [-0.15, -0.1) is 0 Å². The molecule has 116 valence electrons. The summed E-state index contributed by atoms with van der Waals surface area (Å²) in [6.07, 6.45) is 6.51. The van der Waals surface area contributed by atoms with E-state index in [4.69, 9.17) is 15.5 Å².